The van der Waals surface area contributed by atoms with Crippen LogP contribution in [0.5, 0.6) is 0 Å². The Kier molecular flexibility index (Phi) is 8.96. The van der Waals surface area contributed by atoms with Crippen LogP contribution in [0.15, 0.2) is 30.3 Å². The van der Waals surface area contributed by atoms with E-state index in [-0.39, 0.29) is 18.8 Å². The van der Waals surface area contributed by atoms with Gasteiger partial charge in [0.2, 0.25) is 8.45 Å². The molecular weight excluding hydrogens is 688 g/mol. The lowest BCUT2D eigenvalue weighted by Crippen LogP contribution is -2.76. The van der Waals surface area contributed by atoms with Crippen molar-refractivity contribution in [1.82, 2.24) is 4.67 Å². The van der Waals surface area contributed by atoms with E-state index in [0.29, 0.717) is 12.8 Å². The maximum atomic E-state index is 14.5. The molecule has 3 rings (SSSR count). The fourth-order valence-corrected chi connectivity index (χ4v) is 6.49. The fourth-order valence-electron chi connectivity index (χ4n) is 4.21. The minimum absolute atomic E-state index is 0.00993. The monoisotopic (exact) mass is 704 g/mol. The Morgan fingerprint density at radius 3 is 1.50 bits per heavy atom. The summed E-state index contributed by atoms with van der Waals surface area (Å²) in [5.74, 6) is -66.8. The van der Waals surface area contributed by atoms with Gasteiger partial charge in [0.05, 0.1) is 0 Å². The Balaban J connectivity index is 1.95. The first-order valence-electron chi connectivity index (χ1n) is 11.7. The Morgan fingerprint density at radius 2 is 1.05 bits per heavy atom. The van der Waals surface area contributed by atoms with Crippen molar-refractivity contribution < 1.29 is 87.9 Å². The van der Waals surface area contributed by atoms with Crippen LogP contribution in [0.4, 0.5) is 89.1 Å². The third kappa shape index (κ3) is 5.04. The molecule has 2 heterocycles. The fraction of sp³-hybridized carbons (Fsp3) is 0.714. The van der Waals surface area contributed by atoms with Crippen LogP contribution in [0.1, 0.15) is 12.8 Å². The number of halogens is 19. The van der Waals surface area contributed by atoms with Crippen molar-refractivity contribution in [2.24, 2.45) is 0 Å². The summed E-state index contributed by atoms with van der Waals surface area (Å²) in [5.41, 5.74) is 0.207. The van der Waals surface area contributed by atoms with E-state index >= 15 is 0 Å². The van der Waals surface area contributed by atoms with E-state index in [4.69, 9.17) is 0 Å². The molecule has 0 aromatic heterocycles. The number of para-hydroxylation sites is 1. The predicted octanol–water partition coefficient (Wildman–Crippen LogP) is 8.86. The Hall–Kier alpha value is -1.96. The minimum Gasteiger partial charge on any atom is -0.320 e. The summed E-state index contributed by atoms with van der Waals surface area (Å²) in [6.45, 7) is -2.94. The molecule has 1 aromatic rings. The molecule has 0 saturated carbocycles. The quantitative estimate of drug-likeness (QED) is 0.169. The van der Waals surface area contributed by atoms with Crippen LogP contribution in [-0.4, -0.2) is 84.0 Å². The summed E-state index contributed by atoms with van der Waals surface area (Å²) in [5, 5.41) is 0. The molecule has 2 saturated heterocycles. The Bertz CT molecular complexity index is 1180. The third-order valence-electron chi connectivity index (χ3n) is 6.75. The molecule has 44 heavy (non-hydrogen) atoms. The smallest absolute Gasteiger partial charge is 0.320 e. The third-order valence-corrected chi connectivity index (χ3v) is 8.89. The average Bonchev–Trinajstić information content (AvgIpc) is 3.48. The van der Waals surface area contributed by atoms with E-state index in [1.807, 2.05) is 0 Å². The van der Waals surface area contributed by atoms with Gasteiger partial charge < -0.3 is 9.19 Å². The van der Waals surface area contributed by atoms with Gasteiger partial charge in [-0.05, 0) is 25.0 Å². The predicted molar refractivity (Wildman–Crippen MR) is 112 cm³/mol. The van der Waals surface area contributed by atoms with E-state index in [9.17, 15) is 83.4 Å². The number of benzene rings is 1. The van der Waals surface area contributed by atoms with Crippen LogP contribution in [0.25, 0.3) is 0 Å². The number of alkyl halides is 19. The highest BCUT2D eigenvalue weighted by molar-refractivity contribution is 7.52. The zero-order valence-corrected chi connectivity index (χ0v) is 21.8. The van der Waals surface area contributed by atoms with E-state index in [0.717, 1.165) is 0 Å². The number of hydrogen-bond acceptors (Lipinski definition) is 3. The summed E-state index contributed by atoms with van der Waals surface area (Å²) in [6, 6.07) is 6.58. The molecule has 254 valence electrons. The average molecular weight is 704 g/mol. The Morgan fingerprint density at radius 1 is 0.614 bits per heavy atom. The SMILES string of the molecule is FC(F)(F)C(F)(F)C(F)(F)C(F)(F)C(F)(F)C(F)(F)C(F)(F)C(F)(F)C(F)(F)COP1N(c2ccccc2)C[C@@H]2CCCN21. The molecule has 2 aliphatic heterocycles. The zero-order valence-electron chi connectivity index (χ0n) is 20.9. The van der Waals surface area contributed by atoms with Crippen LogP contribution in [0.3, 0.4) is 0 Å². The number of anilines is 1. The van der Waals surface area contributed by atoms with Gasteiger partial charge in [-0.1, -0.05) is 18.2 Å². The van der Waals surface area contributed by atoms with E-state index in [1.54, 1.807) is 0 Å². The van der Waals surface area contributed by atoms with Gasteiger partial charge in [0.1, 0.15) is 6.61 Å². The number of fused-ring (bicyclic) bond motifs is 1. The van der Waals surface area contributed by atoms with Gasteiger partial charge in [-0.15, -0.1) is 0 Å². The van der Waals surface area contributed by atoms with E-state index in [2.05, 4.69) is 4.52 Å². The Labute approximate surface area is 234 Å². The highest BCUT2D eigenvalue weighted by Crippen LogP contribution is 2.66. The van der Waals surface area contributed by atoms with Crippen molar-refractivity contribution in [1.29, 1.82) is 0 Å². The largest absolute Gasteiger partial charge is 0.460 e. The van der Waals surface area contributed by atoms with Gasteiger partial charge in [0, 0.05) is 24.8 Å². The second-order valence-corrected chi connectivity index (χ2v) is 11.4. The molecule has 1 unspecified atom stereocenters. The highest BCUT2D eigenvalue weighted by atomic mass is 31.2. The van der Waals surface area contributed by atoms with Gasteiger partial charge >= 0.3 is 53.6 Å². The summed E-state index contributed by atoms with van der Waals surface area (Å²) >= 11 is 0. The molecule has 2 aliphatic rings. The van der Waals surface area contributed by atoms with Crippen LogP contribution >= 0.6 is 8.45 Å². The lowest BCUT2D eigenvalue weighted by atomic mass is 9.87. The molecule has 0 spiro atoms. The standard InChI is InChI=1S/C21H16F19N2OP/c22-13(23,10-43-44-41-8-4-7-12(41)9-42(44)11-5-2-1-3-6-11)14(24,25)15(26,27)16(28,29)17(30,31)18(32,33)19(34,35)20(36,37)21(38,39)40/h1-3,5-6,12H,4,7-10H2/t12-,44?/m0/s1. The van der Waals surface area contributed by atoms with Crippen LogP contribution in [0, 0.1) is 0 Å². The number of hydrogen-bond donors (Lipinski definition) is 0. The summed E-state index contributed by atoms with van der Waals surface area (Å²) in [4.78, 5) is 0. The van der Waals surface area contributed by atoms with E-state index in [1.165, 1.54) is 39.7 Å². The first-order valence-corrected chi connectivity index (χ1v) is 12.8. The minimum atomic E-state index is -8.94. The van der Waals surface area contributed by atoms with Crippen LogP contribution in [-0.2, 0) is 4.52 Å². The first kappa shape index (κ1) is 36.5. The maximum Gasteiger partial charge on any atom is 0.460 e. The van der Waals surface area contributed by atoms with Crippen molar-refractivity contribution in [3.8, 4) is 0 Å². The molecule has 0 amide bonds. The second-order valence-electron chi connectivity index (χ2n) is 9.63. The molecule has 0 N–H and O–H groups in total. The van der Waals surface area contributed by atoms with Crippen LogP contribution in [0.2, 0.25) is 0 Å². The zero-order chi connectivity index (χ0) is 34.2. The van der Waals surface area contributed by atoms with Crippen LogP contribution < -0.4 is 4.67 Å². The normalized spacial score (nSPS) is 22.1. The van der Waals surface area contributed by atoms with Crippen molar-refractivity contribution in [3.63, 3.8) is 0 Å². The van der Waals surface area contributed by atoms with Gasteiger partial charge in [-0.3, -0.25) is 0 Å². The van der Waals surface area contributed by atoms with Crippen molar-refractivity contribution >= 4 is 14.1 Å². The summed E-state index contributed by atoms with van der Waals surface area (Å²) in [6.07, 6.45) is -7.12. The van der Waals surface area contributed by atoms with Gasteiger partial charge in [-0.2, -0.15) is 83.4 Å². The second kappa shape index (κ2) is 10.8. The lowest BCUT2D eigenvalue weighted by molar-refractivity contribution is -0.469. The molecule has 2 fully saturated rings. The maximum absolute atomic E-state index is 14.5. The molecule has 0 radical (unpaired) electrons. The molecule has 1 aromatic carbocycles. The number of nitrogens with zero attached hydrogens (tertiary/aromatic N) is 2. The summed E-state index contributed by atoms with van der Waals surface area (Å²) in [7, 11) is -2.62. The lowest BCUT2D eigenvalue weighted by Gasteiger charge is -2.43. The first-order chi connectivity index (χ1) is 19.5. The van der Waals surface area contributed by atoms with Crippen molar-refractivity contribution in [2.45, 2.75) is 72.4 Å². The van der Waals surface area contributed by atoms with Crippen molar-refractivity contribution in [2.75, 3.05) is 24.4 Å². The topological polar surface area (TPSA) is 15.7 Å². The summed E-state index contributed by atoms with van der Waals surface area (Å²) < 4.78 is 265. The molecule has 0 bridgehead atoms. The van der Waals surface area contributed by atoms with Gasteiger partial charge in [-0.25, -0.2) is 4.67 Å². The van der Waals surface area contributed by atoms with Gasteiger partial charge in [0.15, 0.2) is 0 Å². The molecule has 23 heteroatoms. The number of rotatable bonds is 11. The molecule has 2 atom stereocenters. The molecule has 0 aliphatic carbocycles. The van der Waals surface area contributed by atoms with Gasteiger partial charge in [0.25, 0.3) is 0 Å². The highest BCUT2D eigenvalue weighted by Gasteiger charge is 2.96. The molecular formula is C21H16F19N2OP. The molecule has 3 nitrogen and oxygen atoms in total. The van der Waals surface area contributed by atoms with Crippen molar-refractivity contribution in [3.05, 3.63) is 30.3 Å². The van der Waals surface area contributed by atoms with E-state index < -0.39 is 74.7 Å².